The Bertz CT molecular complexity index is 301. The molecule has 0 aromatic carbocycles. The third kappa shape index (κ3) is 2.95. The molecule has 15 heavy (non-hydrogen) atoms. The first-order chi connectivity index (χ1) is 7.36. The van der Waals surface area contributed by atoms with E-state index < -0.39 is 0 Å². The average Bonchev–Trinajstić information content (AvgIpc) is 2.50. The summed E-state index contributed by atoms with van der Waals surface area (Å²) in [5.74, 6) is 0.832. The van der Waals surface area contributed by atoms with Crippen LogP contribution in [-0.2, 0) is 6.42 Å². The zero-order valence-corrected chi connectivity index (χ0v) is 9.28. The maximum Gasteiger partial charge on any atom is 0.0377 e. The van der Waals surface area contributed by atoms with Crippen LogP contribution in [0.1, 0.15) is 44.1 Å². The lowest BCUT2D eigenvalue weighted by Crippen LogP contribution is -2.05. The summed E-state index contributed by atoms with van der Waals surface area (Å²) in [7, 11) is 0. The van der Waals surface area contributed by atoms with Crippen molar-refractivity contribution in [2.24, 2.45) is 5.92 Å². The van der Waals surface area contributed by atoms with Crippen LogP contribution in [0.25, 0.3) is 0 Å². The van der Waals surface area contributed by atoms with Crippen LogP contribution in [-0.4, -0.2) is 4.98 Å². The topological polar surface area (TPSA) is 38.9 Å². The van der Waals surface area contributed by atoms with E-state index in [9.17, 15) is 0 Å². The minimum Gasteiger partial charge on any atom is -0.398 e. The fraction of sp³-hybridized carbons (Fsp3) is 0.615. The molecule has 2 nitrogen and oxygen atoms in total. The minimum atomic E-state index is 0.832. The molecule has 0 bridgehead atoms. The predicted octanol–water partition coefficient (Wildman–Crippen LogP) is 3.18. The summed E-state index contributed by atoms with van der Waals surface area (Å²) in [6, 6.07) is 1.91. The summed E-state index contributed by atoms with van der Waals surface area (Å²) < 4.78 is 0. The molecule has 1 fully saturated rings. The maximum absolute atomic E-state index is 5.94. The van der Waals surface area contributed by atoms with Crippen molar-refractivity contribution in [1.29, 1.82) is 0 Å². The van der Waals surface area contributed by atoms with Crippen LogP contribution in [0.15, 0.2) is 18.5 Å². The smallest absolute Gasteiger partial charge is 0.0377 e. The molecule has 0 radical (unpaired) electrons. The molecular weight excluding hydrogens is 184 g/mol. The molecule has 0 spiro atoms. The lowest BCUT2D eigenvalue weighted by atomic mass is 9.93. The van der Waals surface area contributed by atoms with Crippen molar-refractivity contribution >= 4 is 5.69 Å². The van der Waals surface area contributed by atoms with Gasteiger partial charge in [0.25, 0.3) is 0 Å². The van der Waals surface area contributed by atoms with Crippen LogP contribution in [0.4, 0.5) is 5.69 Å². The van der Waals surface area contributed by atoms with E-state index in [1.54, 1.807) is 6.20 Å². The van der Waals surface area contributed by atoms with E-state index in [0.717, 1.165) is 18.0 Å². The van der Waals surface area contributed by atoms with Crippen LogP contribution in [0.3, 0.4) is 0 Å². The van der Waals surface area contributed by atoms with Gasteiger partial charge in [0.2, 0.25) is 0 Å². The van der Waals surface area contributed by atoms with Crippen LogP contribution < -0.4 is 5.73 Å². The Labute approximate surface area is 91.9 Å². The molecule has 82 valence electrons. The van der Waals surface area contributed by atoms with Crippen molar-refractivity contribution < 1.29 is 0 Å². The second-order valence-electron chi connectivity index (χ2n) is 4.64. The number of pyridine rings is 1. The fourth-order valence-corrected chi connectivity index (χ4v) is 2.49. The fourth-order valence-electron chi connectivity index (χ4n) is 2.49. The highest BCUT2D eigenvalue weighted by atomic mass is 14.7. The van der Waals surface area contributed by atoms with E-state index in [0.29, 0.717) is 0 Å². The maximum atomic E-state index is 5.94. The highest BCUT2D eigenvalue weighted by molar-refractivity contribution is 5.44. The van der Waals surface area contributed by atoms with Gasteiger partial charge in [-0.25, -0.2) is 0 Å². The van der Waals surface area contributed by atoms with Gasteiger partial charge < -0.3 is 5.73 Å². The Hall–Kier alpha value is -1.05. The molecule has 0 unspecified atom stereocenters. The zero-order chi connectivity index (χ0) is 10.5. The van der Waals surface area contributed by atoms with Gasteiger partial charge in [0.15, 0.2) is 0 Å². The molecule has 0 aliphatic heterocycles. The van der Waals surface area contributed by atoms with E-state index in [1.165, 1.54) is 44.1 Å². The highest BCUT2D eigenvalue weighted by Crippen LogP contribution is 2.27. The molecule has 0 saturated heterocycles. The minimum absolute atomic E-state index is 0.832. The van der Waals surface area contributed by atoms with E-state index in [-0.39, 0.29) is 0 Å². The number of nitrogens with two attached hydrogens (primary N) is 1. The number of anilines is 1. The number of nitrogen functional groups attached to an aromatic ring is 1. The first-order valence-electron chi connectivity index (χ1n) is 6.04. The van der Waals surface area contributed by atoms with Crippen molar-refractivity contribution in [3.05, 3.63) is 24.0 Å². The summed E-state index contributed by atoms with van der Waals surface area (Å²) in [4.78, 5) is 4.15. The Morgan fingerprint density at radius 1 is 1.20 bits per heavy atom. The summed E-state index contributed by atoms with van der Waals surface area (Å²) in [6.07, 6.45) is 13.2. The van der Waals surface area contributed by atoms with Gasteiger partial charge in [-0.2, -0.15) is 0 Å². The molecule has 1 aliphatic carbocycles. The summed E-state index contributed by atoms with van der Waals surface area (Å²) in [6.45, 7) is 0. The number of aromatic nitrogens is 1. The lowest BCUT2D eigenvalue weighted by molar-refractivity contribution is 0.458. The molecule has 1 saturated carbocycles. The van der Waals surface area contributed by atoms with Crippen LogP contribution in [0.2, 0.25) is 0 Å². The van der Waals surface area contributed by atoms with Crippen LogP contribution in [0.5, 0.6) is 0 Å². The molecule has 2 heteroatoms. The second kappa shape index (κ2) is 5.15. The van der Waals surface area contributed by atoms with Crippen molar-refractivity contribution in [2.45, 2.75) is 44.9 Å². The molecule has 2 rings (SSSR count). The Morgan fingerprint density at radius 3 is 2.60 bits per heavy atom. The summed E-state index contributed by atoms with van der Waals surface area (Å²) in [5.41, 5.74) is 8.09. The van der Waals surface area contributed by atoms with Gasteiger partial charge in [-0.05, 0) is 24.0 Å². The third-order valence-electron chi connectivity index (χ3n) is 3.42. The van der Waals surface area contributed by atoms with Crippen molar-refractivity contribution in [3.63, 3.8) is 0 Å². The van der Waals surface area contributed by atoms with Crippen molar-refractivity contribution in [2.75, 3.05) is 5.73 Å². The van der Waals surface area contributed by atoms with Gasteiger partial charge in [-0.3, -0.25) is 4.98 Å². The molecule has 1 aliphatic rings. The van der Waals surface area contributed by atoms with Gasteiger partial charge in [0.05, 0.1) is 0 Å². The molecule has 1 heterocycles. The Morgan fingerprint density at radius 2 is 1.93 bits per heavy atom. The molecule has 0 amide bonds. The second-order valence-corrected chi connectivity index (χ2v) is 4.64. The number of hydrogen-bond donors (Lipinski definition) is 1. The monoisotopic (exact) mass is 204 g/mol. The van der Waals surface area contributed by atoms with Gasteiger partial charge in [-0.15, -0.1) is 0 Å². The lowest BCUT2D eigenvalue weighted by Gasteiger charge is -2.14. The van der Waals surface area contributed by atoms with Crippen LogP contribution >= 0.6 is 0 Å². The number of hydrogen-bond acceptors (Lipinski definition) is 2. The zero-order valence-electron chi connectivity index (χ0n) is 9.28. The highest BCUT2D eigenvalue weighted by Gasteiger charge is 2.13. The summed E-state index contributed by atoms with van der Waals surface area (Å²) >= 11 is 0. The Balaban J connectivity index is 1.98. The first-order valence-corrected chi connectivity index (χ1v) is 6.04. The molecule has 1 aromatic rings. The first kappa shape index (κ1) is 10.5. The molecular formula is C13H20N2. The molecule has 1 aromatic heterocycles. The SMILES string of the molecule is Nc1ccncc1CC1CCCCCC1. The van der Waals surface area contributed by atoms with Crippen molar-refractivity contribution in [3.8, 4) is 0 Å². The van der Waals surface area contributed by atoms with E-state index in [1.807, 2.05) is 12.3 Å². The van der Waals surface area contributed by atoms with E-state index in [2.05, 4.69) is 4.98 Å². The Kier molecular flexibility index (Phi) is 3.59. The van der Waals surface area contributed by atoms with Gasteiger partial charge in [0.1, 0.15) is 0 Å². The van der Waals surface area contributed by atoms with E-state index in [4.69, 9.17) is 5.73 Å². The number of rotatable bonds is 2. The normalized spacial score (nSPS) is 18.7. The van der Waals surface area contributed by atoms with E-state index >= 15 is 0 Å². The predicted molar refractivity (Wildman–Crippen MR) is 63.5 cm³/mol. The molecule has 0 atom stereocenters. The number of nitrogens with zero attached hydrogens (tertiary/aromatic N) is 1. The largest absolute Gasteiger partial charge is 0.398 e. The van der Waals surface area contributed by atoms with Gasteiger partial charge in [-0.1, -0.05) is 38.5 Å². The van der Waals surface area contributed by atoms with Crippen LogP contribution in [0, 0.1) is 5.92 Å². The van der Waals surface area contributed by atoms with Gasteiger partial charge in [0, 0.05) is 18.1 Å². The summed E-state index contributed by atoms with van der Waals surface area (Å²) in [5, 5.41) is 0. The third-order valence-corrected chi connectivity index (χ3v) is 3.42. The average molecular weight is 204 g/mol. The van der Waals surface area contributed by atoms with Gasteiger partial charge >= 0.3 is 0 Å². The quantitative estimate of drug-likeness (QED) is 0.751. The molecule has 2 N–H and O–H groups in total. The van der Waals surface area contributed by atoms with Crippen molar-refractivity contribution in [1.82, 2.24) is 4.98 Å². The standard InChI is InChI=1S/C13H20N2/c14-13-7-8-15-10-12(13)9-11-5-3-1-2-4-6-11/h7-8,10-11H,1-6,9H2,(H2,14,15).